The van der Waals surface area contributed by atoms with E-state index in [0.29, 0.717) is 25.4 Å². The molecule has 2 atom stereocenters. The van der Waals surface area contributed by atoms with Gasteiger partial charge in [-0.05, 0) is 31.1 Å². The molecule has 0 aromatic rings. The fraction of sp³-hybridized carbons (Fsp3) is 0.846. The highest BCUT2D eigenvalue weighted by molar-refractivity contribution is 5.99. The Hall–Kier alpha value is -0.860. The fourth-order valence-electron chi connectivity index (χ4n) is 2.28. The van der Waals surface area contributed by atoms with Gasteiger partial charge in [-0.15, -0.1) is 0 Å². The Balaban J connectivity index is 2.69. The molecule has 0 heterocycles. The topological polar surface area (TPSA) is 43.4 Å². The van der Waals surface area contributed by atoms with Crippen LogP contribution < -0.4 is 0 Å². The molecule has 0 unspecified atom stereocenters. The standard InChI is InChI=1S/C13H22O3/c1-5-16-12(15)10-8-9(13(2,3)4)6-7-11(10)14/h9-10H,5-8H2,1-4H3/t9-,10+/m0/s1. The molecule has 92 valence electrons. The van der Waals surface area contributed by atoms with Crippen molar-refractivity contribution < 1.29 is 14.3 Å². The summed E-state index contributed by atoms with van der Waals surface area (Å²) in [4.78, 5) is 23.3. The number of carbonyl (C=O) groups excluding carboxylic acids is 2. The largest absolute Gasteiger partial charge is 0.465 e. The van der Waals surface area contributed by atoms with Crippen LogP contribution in [0.25, 0.3) is 0 Å². The van der Waals surface area contributed by atoms with Crippen LogP contribution in [0.15, 0.2) is 0 Å². The third kappa shape index (κ3) is 3.06. The van der Waals surface area contributed by atoms with Gasteiger partial charge in [0.25, 0.3) is 0 Å². The Bertz CT molecular complexity index is 275. The molecule has 0 N–H and O–H groups in total. The molecule has 0 aromatic carbocycles. The summed E-state index contributed by atoms with van der Waals surface area (Å²) in [5, 5.41) is 0. The van der Waals surface area contributed by atoms with Crippen molar-refractivity contribution in [2.45, 2.75) is 47.0 Å². The summed E-state index contributed by atoms with van der Waals surface area (Å²) in [6.07, 6.45) is 2.07. The second kappa shape index (κ2) is 4.98. The van der Waals surface area contributed by atoms with Crippen molar-refractivity contribution in [2.24, 2.45) is 17.3 Å². The van der Waals surface area contributed by atoms with E-state index in [-0.39, 0.29) is 17.2 Å². The summed E-state index contributed by atoms with van der Waals surface area (Å²) in [5.41, 5.74) is 0.158. The minimum atomic E-state index is -0.516. The number of esters is 1. The molecular formula is C13H22O3. The number of ketones is 1. The maximum absolute atomic E-state index is 11.7. The van der Waals surface area contributed by atoms with Crippen molar-refractivity contribution in [1.82, 2.24) is 0 Å². The van der Waals surface area contributed by atoms with Gasteiger partial charge in [-0.1, -0.05) is 20.8 Å². The molecule has 0 spiro atoms. The van der Waals surface area contributed by atoms with Crippen molar-refractivity contribution in [3.05, 3.63) is 0 Å². The second-order valence-corrected chi connectivity index (χ2v) is 5.61. The monoisotopic (exact) mass is 226 g/mol. The van der Waals surface area contributed by atoms with E-state index >= 15 is 0 Å². The normalized spacial score (nSPS) is 26.6. The van der Waals surface area contributed by atoms with Crippen molar-refractivity contribution >= 4 is 11.8 Å². The first-order valence-corrected chi connectivity index (χ1v) is 6.05. The van der Waals surface area contributed by atoms with Gasteiger partial charge in [-0.25, -0.2) is 0 Å². The van der Waals surface area contributed by atoms with E-state index in [1.54, 1.807) is 6.92 Å². The lowest BCUT2D eigenvalue weighted by molar-refractivity contribution is -0.154. The van der Waals surface area contributed by atoms with Crippen LogP contribution in [0.1, 0.15) is 47.0 Å². The minimum Gasteiger partial charge on any atom is -0.465 e. The SMILES string of the molecule is CCOC(=O)[C@@H]1C[C@@H](C(C)(C)C)CCC1=O. The molecule has 1 aliphatic carbocycles. The number of hydrogen-bond donors (Lipinski definition) is 0. The molecular weight excluding hydrogens is 204 g/mol. The first kappa shape index (κ1) is 13.2. The van der Waals surface area contributed by atoms with Crippen molar-refractivity contribution in [2.75, 3.05) is 6.61 Å². The number of carbonyl (C=O) groups is 2. The first-order chi connectivity index (χ1) is 7.36. The highest BCUT2D eigenvalue weighted by Crippen LogP contribution is 2.39. The van der Waals surface area contributed by atoms with Crippen LogP contribution in [-0.2, 0) is 14.3 Å². The average molecular weight is 226 g/mol. The van der Waals surface area contributed by atoms with Gasteiger partial charge in [-0.3, -0.25) is 9.59 Å². The van der Waals surface area contributed by atoms with Gasteiger partial charge in [0.05, 0.1) is 6.61 Å². The van der Waals surface area contributed by atoms with Crippen molar-refractivity contribution in [1.29, 1.82) is 0 Å². The summed E-state index contributed by atoms with van der Waals surface area (Å²) in [5.74, 6) is -0.363. The molecule has 0 aromatic heterocycles. The van der Waals surface area contributed by atoms with E-state index in [2.05, 4.69) is 20.8 Å². The lowest BCUT2D eigenvalue weighted by Gasteiger charge is -2.36. The predicted molar refractivity (Wildman–Crippen MR) is 61.9 cm³/mol. The number of hydrogen-bond acceptors (Lipinski definition) is 3. The number of ether oxygens (including phenoxy) is 1. The zero-order chi connectivity index (χ0) is 12.3. The molecule has 0 radical (unpaired) electrons. The summed E-state index contributed by atoms with van der Waals surface area (Å²) in [6, 6.07) is 0. The Kier molecular flexibility index (Phi) is 4.11. The Morgan fingerprint density at radius 1 is 1.44 bits per heavy atom. The third-order valence-electron chi connectivity index (χ3n) is 3.44. The van der Waals surface area contributed by atoms with E-state index in [1.165, 1.54) is 0 Å². The maximum Gasteiger partial charge on any atom is 0.316 e. The molecule has 1 aliphatic rings. The van der Waals surface area contributed by atoms with E-state index in [9.17, 15) is 9.59 Å². The first-order valence-electron chi connectivity index (χ1n) is 6.05. The number of rotatable bonds is 2. The van der Waals surface area contributed by atoms with Gasteiger partial charge in [0, 0.05) is 6.42 Å². The zero-order valence-corrected chi connectivity index (χ0v) is 10.7. The molecule has 1 fully saturated rings. The Labute approximate surface area is 97.5 Å². The van der Waals surface area contributed by atoms with Crippen molar-refractivity contribution in [3.8, 4) is 0 Å². The summed E-state index contributed by atoms with van der Waals surface area (Å²) in [6.45, 7) is 8.61. The zero-order valence-electron chi connectivity index (χ0n) is 10.7. The van der Waals surface area contributed by atoms with Crippen LogP contribution in [0.5, 0.6) is 0 Å². The number of Topliss-reactive ketones (excluding diaryl/α,β-unsaturated/α-hetero) is 1. The molecule has 3 heteroatoms. The van der Waals surface area contributed by atoms with Crippen LogP contribution in [0.3, 0.4) is 0 Å². The predicted octanol–water partition coefficient (Wildman–Crippen LogP) is 2.58. The highest BCUT2D eigenvalue weighted by atomic mass is 16.5. The van der Waals surface area contributed by atoms with Gasteiger partial charge in [0.1, 0.15) is 11.7 Å². The van der Waals surface area contributed by atoms with Gasteiger partial charge in [0.2, 0.25) is 0 Å². The van der Waals surface area contributed by atoms with E-state index < -0.39 is 5.92 Å². The van der Waals surface area contributed by atoms with Gasteiger partial charge >= 0.3 is 5.97 Å². The van der Waals surface area contributed by atoms with E-state index in [4.69, 9.17) is 4.74 Å². The Morgan fingerprint density at radius 3 is 2.56 bits per heavy atom. The quantitative estimate of drug-likeness (QED) is 0.537. The molecule has 0 aliphatic heterocycles. The maximum atomic E-state index is 11.7. The lowest BCUT2D eigenvalue weighted by atomic mass is 9.69. The van der Waals surface area contributed by atoms with Gasteiger partial charge in [-0.2, -0.15) is 0 Å². The smallest absolute Gasteiger partial charge is 0.316 e. The molecule has 3 nitrogen and oxygen atoms in total. The fourth-order valence-corrected chi connectivity index (χ4v) is 2.28. The third-order valence-corrected chi connectivity index (χ3v) is 3.44. The van der Waals surface area contributed by atoms with Crippen LogP contribution in [-0.4, -0.2) is 18.4 Å². The molecule has 16 heavy (non-hydrogen) atoms. The lowest BCUT2D eigenvalue weighted by Crippen LogP contribution is -2.36. The van der Waals surface area contributed by atoms with E-state index in [1.807, 2.05) is 0 Å². The molecule has 1 rings (SSSR count). The van der Waals surface area contributed by atoms with Crippen molar-refractivity contribution in [3.63, 3.8) is 0 Å². The summed E-state index contributed by atoms with van der Waals surface area (Å²) >= 11 is 0. The van der Waals surface area contributed by atoms with E-state index in [0.717, 1.165) is 6.42 Å². The van der Waals surface area contributed by atoms with Gasteiger partial charge < -0.3 is 4.74 Å². The van der Waals surface area contributed by atoms with Crippen LogP contribution in [0, 0.1) is 17.3 Å². The molecule has 0 amide bonds. The average Bonchev–Trinajstić information content (AvgIpc) is 2.16. The summed E-state index contributed by atoms with van der Waals surface area (Å²) < 4.78 is 4.95. The summed E-state index contributed by atoms with van der Waals surface area (Å²) in [7, 11) is 0. The molecule has 0 saturated heterocycles. The van der Waals surface area contributed by atoms with Gasteiger partial charge in [0.15, 0.2) is 0 Å². The Morgan fingerprint density at radius 2 is 2.06 bits per heavy atom. The van der Waals surface area contributed by atoms with Crippen LogP contribution in [0.4, 0.5) is 0 Å². The minimum absolute atomic E-state index is 0.0546. The highest BCUT2D eigenvalue weighted by Gasteiger charge is 2.38. The van der Waals surface area contributed by atoms with Crippen LogP contribution >= 0.6 is 0 Å². The molecule has 1 saturated carbocycles. The second-order valence-electron chi connectivity index (χ2n) is 5.61. The molecule has 0 bridgehead atoms. The van der Waals surface area contributed by atoms with Crippen LogP contribution in [0.2, 0.25) is 0 Å².